The number of ether oxygens (including phenoxy) is 1. The van der Waals surface area contributed by atoms with E-state index in [2.05, 4.69) is 0 Å². The molecule has 0 radical (unpaired) electrons. The highest BCUT2D eigenvalue weighted by atomic mass is 16.5. The molecule has 0 amide bonds. The van der Waals surface area contributed by atoms with Crippen molar-refractivity contribution in [2.45, 2.75) is 32.8 Å². The Morgan fingerprint density at radius 3 is 2.53 bits per heavy atom. The molecule has 0 heterocycles. The Hall–Kier alpha value is -1.51. The molecule has 1 atom stereocenters. The van der Waals surface area contributed by atoms with Crippen molar-refractivity contribution < 1.29 is 9.53 Å². The Morgan fingerprint density at radius 2 is 2.00 bits per heavy atom. The molecule has 1 aromatic rings. The Balaban J connectivity index is 2.76. The quantitative estimate of drug-likeness (QED) is 0.611. The summed E-state index contributed by atoms with van der Waals surface area (Å²) in [5, 5.41) is 0. The summed E-state index contributed by atoms with van der Waals surface area (Å²) in [4.78, 5) is 11.6. The van der Waals surface area contributed by atoms with Gasteiger partial charge >= 0.3 is 5.97 Å². The molecular weight excluding hydrogens is 190 g/mol. The van der Waals surface area contributed by atoms with Crippen LogP contribution in [0.1, 0.15) is 32.3 Å². The smallest absolute Gasteiger partial charge is 0.313 e. The lowest BCUT2D eigenvalue weighted by molar-refractivity contribution is -0.148. The first-order chi connectivity index (χ1) is 7.00. The van der Waals surface area contributed by atoms with Crippen LogP contribution in [-0.4, -0.2) is 12.1 Å². The molecule has 1 rings (SSSR count). The number of esters is 1. The number of carbonyl (C=O) groups is 1. The predicted octanol–water partition coefficient (Wildman–Crippen LogP) is 2.32. The van der Waals surface area contributed by atoms with Gasteiger partial charge in [-0.3, -0.25) is 4.79 Å². The fraction of sp³-hybridized carbons (Fsp3) is 0.417. The van der Waals surface area contributed by atoms with Gasteiger partial charge in [0, 0.05) is 5.69 Å². The topological polar surface area (TPSA) is 52.3 Å². The van der Waals surface area contributed by atoms with Crippen molar-refractivity contribution in [1.82, 2.24) is 0 Å². The van der Waals surface area contributed by atoms with Gasteiger partial charge in [0.1, 0.15) is 0 Å². The first-order valence-electron chi connectivity index (χ1n) is 5.06. The van der Waals surface area contributed by atoms with Crippen LogP contribution in [0.4, 0.5) is 5.69 Å². The van der Waals surface area contributed by atoms with Crippen molar-refractivity contribution in [3.05, 3.63) is 29.8 Å². The molecule has 0 spiro atoms. The summed E-state index contributed by atoms with van der Waals surface area (Å²) in [7, 11) is 0. The Kier molecular flexibility index (Phi) is 3.72. The van der Waals surface area contributed by atoms with E-state index in [0.29, 0.717) is 5.69 Å². The SMILES string of the molecule is CC(C)OC(=O)C(C)c1cccc(N)c1. The second-order valence-electron chi connectivity index (χ2n) is 3.88. The van der Waals surface area contributed by atoms with Crippen LogP contribution in [0.25, 0.3) is 0 Å². The van der Waals surface area contributed by atoms with Gasteiger partial charge in [-0.25, -0.2) is 0 Å². The molecule has 0 aliphatic heterocycles. The lowest BCUT2D eigenvalue weighted by Gasteiger charge is -2.14. The molecule has 0 saturated carbocycles. The minimum absolute atomic E-state index is 0.0824. The van der Waals surface area contributed by atoms with Gasteiger partial charge < -0.3 is 10.5 Å². The third kappa shape index (κ3) is 3.27. The standard InChI is InChI=1S/C12H17NO2/c1-8(2)15-12(14)9(3)10-5-4-6-11(13)7-10/h4-9H,13H2,1-3H3. The van der Waals surface area contributed by atoms with Crippen LogP contribution >= 0.6 is 0 Å². The van der Waals surface area contributed by atoms with Gasteiger partial charge in [-0.1, -0.05) is 12.1 Å². The normalized spacial score (nSPS) is 12.5. The minimum Gasteiger partial charge on any atom is -0.463 e. The van der Waals surface area contributed by atoms with E-state index in [1.165, 1.54) is 0 Å². The van der Waals surface area contributed by atoms with Crippen molar-refractivity contribution >= 4 is 11.7 Å². The van der Waals surface area contributed by atoms with Gasteiger partial charge in [0.25, 0.3) is 0 Å². The number of anilines is 1. The van der Waals surface area contributed by atoms with E-state index in [1.54, 1.807) is 12.1 Å². The van der Waals surface area contributed by atoms with Gasteiger partial charge in [0.15, 0.2) is 0 Å². The highest BCUT2D eigenvalue weighted by molar-refractivity contribution is 5.78. The molecule has 0 aliphatic carbocycles. The summed E-state index contributed by atoms with van der Waals surface area (Å²) in [6.07, 6.45) is -0.0824. The molecule has 15 heavy (non-hydrogen) atoms. The summed E-state index contributed by atoms with van der Waals surface area (Å²) in [5.74, 6) is -0.480. The number of hydrogen-bond donors (Lipinski definition) is 1. The van der Waals surface area contributed by atoms with Crippen LogP contribution in [-0.2, 0) is 9.53 Å². The average molecular weight is 207 g/mol. The Morgan fingerprint density at radius 1 is 1.33 bits per heavy atom. The second-order valence-corrected chi connectivity index (χ2v) is 3.88. The minimum atomic E-state index is -0.268. The van der Waals surface area contributed by atoms with E-state index in [1.807, 2.05) is 32.9 Å². The first kappa shape index (κ1) is 11.6. The van der Waals surface area contributed by atoms with Crippen LogP contribution in [0.15, 0.2) is 24.3 Å². The fourth-order valence-electron chi connectivity index (χ4n) is 1.30. The summed E-state index contributed by atoms with van der Waals surface area (Å²) in [6, 6.07) is 7.31. The summed E-state index contributed by atoms with van der Waals surface area (Å²) in [5.41, 5.74) is 7.20. The molecule has 3 heteroatoms. The fourth-order valence-corrected chi connectivity index (χ4v) is 1.30. The monoisotopic (exact) mass is 207 g/mol. The molecule has 1 aromatic carbocycles. The van der Waals surface area contributed by atoms with E-state index in [0.717, 1.165) is 5.56 Å². The van der Waals surface area contributed by atoms with Crippen LogP contribution in [0, 0.1) is 0 Å². The van der Waals surface area contributed by atoms with Gasteiger partial charge in [-0.15, -0.1) is 0 Å². The highest BCUT2D eigenvalue weighted by Gasteiger charge is 2.17. The van der Waals surface area contributed by atoms with Crippen molar-refractivity contribution in [3.8, 4) is 0 Å². The van der Waals surface area contributed by atoms with E-state index < -0.39 is 0 Å². The molecule has 3 nitrogen and oxygen atoms in total. The van der Waals surface area contributed by atoms with Gasteiger partial charge in [0.05, 0.1) is 12.0 Å². The average Bonchev–Trinajstić information content (AvgIpc) is 2.15. The predicted molar refractivity (Wildman–Crippen MR) is 60.5 cm³/mol. The molecular formula is C12H17NO2. The maximum Gasteiger partial charge on any atom is 0.313 e. The third-order valence-electron chi connectivity index (χ3n) is 2.12. The van der Waals surface area contributed by atoms with Crippen LogP contribution in [0.2, 0.25) is 0 Å². The molecule has 2 N–H and O–H groups in total. The number of nitrogen functional groups attached to an aromatic ring is 1. The molecule has 0 aromatic heterocycles. The van der Waals surface area contributed by atoms with Crippen molar-refractivity contribution in [3.63, 3.8) is 0 Å². The zero-order valence-corrected chi connectivity index (χ0v) is 9.36. The van der Waals surface area contributed by atoms with Crippen LogP contribution in [0.3, 0.4) is 0 Å². The maximum atomic E-state index is 11.6. The summed E-state index contributed by atoms with van der Waals surface area (Å²) >= 11 is 0. The number of benzene rings is 1. The third-order valence-corrected chi connectivity index (χ3v) is 2.12. The summed E-state index contributed by atoms with van der Waals surface area (Å²) < 4.78 is 5.13. The Bertz CT molecular complexity index is 347. The molecule has 0 saturated heterocycles. The first-order valence-corrected chi connectivity index (χ1v) is 5.06. The van der Waals surface area contributed by atoms with Gasteiger partial charge in [-0.05, 0) is 38.5 Å². The number of carbonyl (C=O) groups excluding carboxylic acids is 1. The molecule has 1 unspecified atom stereocenters. The number of rotatable bonds is 3. The highest BCUT2D eigenvalue weighted by Crippen LogP contribution is 2.19. The van der Waals surface area contributed by atoms with Crippen LogP contribution in [0.5, 0.6) is 0 Å². The lowest BCUT2D eigenvalue weighted by Crippen LogP contribution is -2.17. The zero-order valence-electron chi connectivity index (χ0n) is 9.36. The van der Waals surface area contributed by atoms with E-state index in [4.69, 9.17) is 10.5 Å². The largest absolute Gasteiger partial charge is 0.463 e. The Labute approximate surface area is 90.2 Å². The number of nitrogens with two attached hydrogens (primary N) is 1. The zero-order chi connectivity index (χ0) is 11.4. The molecule has 0 bridgehead atoms. The summed E-state index contributed by atoms with van der Waals surface area (Å²) in [6.45, 7) is 5.49. The van der Waals surface area contributed by atoms with Gasteiger partial charge in [0.2, 0.25) is 0 Å². The lowest BCUT2D eigenvalue weighted by atomic mass is 10.0. The van der Waals surface area contributed by atoms with Crippen molar-refractivity contribution in [2.24, 2.45) is 0 Å². The van der Waals surface area contributed by atoms with Crippen molar-refractivity contribution in [2.75, 3.05) is 5.73 Å². The van der Waals surface area contributed by atoms with Crippen molar-refractivity contribution in [1.29, 1.82) is 0 Å². The molecule has 82 valence electrons. The van der Waals surface area contributed by atoms with Gasteiger partial charge in [-0.2, -0.15) is 0 Å². The number of hydrogen-bond acceptors (Lipinski definition) is 3. The van der Waals surface area contributed by atoms with E-state index >= 15 is 0 Å². The molecule has 0 fully saturated rings. The van der Waals surface area contributed by atoms with Crippen LogP contribution < -0.4 is 5.73 Å². The van der Waals surface area contributed by atoms with E-state index in [9.17, 15) is 4.79 Å². The second kappa shape index (κ2) is 4.82. The maximum absolute atomic E-state index is 11.6. The molecule has 0 aliphatic rings. The van der Waals surface area contributed by atoms with E-state index in [-0.39, 0.29) is 18.0 Å².